The number of hydrogen-bond acceptors (Lipinski definition) is 4. The number of aryl methyl sites for hydroxylation is 1. The van der Waals surface area contributed by atoms with Crippen LogP contribution in [0, 0.1) is 0 Å². The van der Waals surface area contributed by atoms with Gasteiger partial charge in [0.15, 0.2) is 0 Å². The number of anilines is 2. The molecule has 4 aliphatic rings. The Balaban J connectivity index is 1.15. The first-order valence-corrected chi connectivity index (χ1v) is 11.8. The van der Waals surface area contributed by atoms with Crippen molar-refractivity contribution in [2.45, 2.75) is 56.6 Å². The van der Waals surface area contributed by atoms with Crippen molar-refractivity contribution < 1.29 is 9.53 Å². The third-order valence-electron chi connectivity index (χ3n) is 7.82. The number of fused-ring (bicyclic) bond motifs is 1. The molecule has 1 aliphatic carbocycles. The smallest absolute Gasteiger partial charge is 0.329 e. The molecule has 6 rings (SSSR count). The topological polar surface area (TPSA) is 48.9 Å². The zero-order valence-corrected chi connectivity index (χ0v) is 18.0. The number of carbonyl (C=O) groups excluding carboxylic acids is 1. The SMILES string of the molecule is O=C1N(c2ccncc2)CCN1c1ccc2c(c1)CCC1(CCN(C3CCC3)CC1)O2. The zero-order chi connectivity index (χ0) is 20.8. The van der Waals surface area contributed by atoms with Crippen LogP contribution in [-0.4, -0.2) is 53.7 Å². The molecule has 1 aromatic heterocycles. The summed E-state index contributed by atoms with van der Waals surface area (Å²) in [5.41, 5.74) is 3.12. The molecule has 3 aliphatic heterocycles. The van der Waals surface area contributed by atoms with E-state index in [1.54, 1.807) is 12.4 Å². The molecule has 2 saturated heterocycles. The van der Waals surface area contributed by atoms with Crippen molar-refractivity contribution >= 4 is 17.4 Å². The normalized spacial score (nSPS) is 23.5. The van der Waals surface area contributed by atoms with Crippen LogP contribution in [0.3, 0.4) is 0 Å². The Morgan fingerprint density at radius 3 is 2.35 bits per heavy atom. The summed E-state index contributed by atoms with van der Waals surface area (Å²) in [7, 11) is 0. The van der Waals surface area contributed by atoms with Crippen molar-refractivity contribution in [3.05, 3.63) is 48.3 Å². The highest BCUT2D eigenvalue weighted by Crippen LogP contribution is 2.42. The molecule has 0 unspecified atom stereocenters. The summed E-state index contributed by atoms with van der Waals surface area (Å²) in [5, 5.41) is 0. The van der Waals surface area contributed by atoms with Crippen LogP contribution in [0.2, 0.25) is 0 Å². The van der Waals surface area contributed by atoms with Gasteiger partial charge in [0.2, 0.25) is 0 Å². The lowest BCUT2D eigenvalue weighted by atomic mass is 9.81. The van der Waals surface area contributed by atoms with Crippen LogP contribution in [0.25, 0.3) is 0 Å². The molecule has 3 fully saturated rings. The molecule has 1 spiro atoms. The minimum atomic E-state index is 0.0103. The van der Waals surface area contributed by atoms with Crippen molar-refractivity contribution in [2.24, 2.45) is 0 Å². The van der Waals surface area contributed by atoms with E-state index in [-0.39, 0.29) is 11.6 Å². The van der Waals surface area contributed by atoms with Crippen molar-refractivity contribution in [3.8, 4) is 5.75 Å². The molecule has 0 atom stereocenters. The third-order valence-corrected chi connectivity index (χ3v) is 7.82. The molecule has 0 radical (unpaired) electrons. The summed E-state index contributed by atoms with van der Waals surface area (Å²) in [6.07, 6.45) is 12.0. The number of aromatic nitrogens is 1. The highest BCUT2D eigenvalue weighted by molar-refractivity contribution is 6.06. The number of ether oxygens (including phenoxy) is 1. The molecule has 6 nitrogen and oxygen atoms in total. The Morgan fingerprint density at radius 1 is 0.903 bits per heavy atom. The molecule has 0 N–H and O–H groups in total. The maximum Gasteiger partial charge on any atom is 0.329 e. The van der Waals surface area contributed by atoms with Crippen LogP contribution in [0.5, 0.6) is 5.75 Å². The van der Waals surface area contributed by atoms with Gasteiger partial charge >= 0.3 is 6.03 Å². The van der Waals surface area contributed by atoms with Gasteiger partial charge in [-0.2, -0.15) is 0 Å². The highest BCUT2D eigenvalue weighted by Gasteiger charge is 2.41. The lowest BCUT2D eigenvalue weighted by Gasteiger charge is -2.48. The number of rotatable bonds is 3. The third kappa shape index (κ3) is 3.37. The van der Waals surface area contributed by atoms with E-state index in [0.29, 0.717) is 13.1 Å². The number of carbonyl (C=O) groups is 1. The Hall–Kier alpha value is -2.60. The molecule has 162 valence electrons. The van der Waals surface area contributed by atoms with Gasteiger partial charge in [0.1, 0.15) is 11.4 Å². The number of amides is 2. The molecule has 0 bridgehead atoms. The van der Waals surface area contributed by atoms with E-state index in [1.807, 2.05) is 21.9 Å². The molecule has 6 heteroatoms. The van der Waals surface area contributed by atoms with Gasteiger partial charge in [-0.3, -0.25) is 14.8 Å². The first kappa shape index (κ1) is 19.1. The van der Waals surface area contributed by atoms with Gasteiger partial charge in [0, 0.05) is 56.0 Å². The van der Waals surface area contributed by atoms with Crippen molar-refractivity contribution in [2.75, 3.05) is 36.0 Å². The van der Waals surface area contributed by atoms with Crippen LogP contribution < -0.4 is 14.5 Å². The largest absolute Gasteiger partial charge is 0.487 e. The second-order valence-corrected chi connectivity index (χ2v) is 9.49. The van der Waals surface area contributed by atoms with Gasteiger partial charge in [-0.15, -0.1) is 0 Å². The predicted molar refractivity (Wildman–Crippen MR) is 121 cm³/mol. The summed E-state index contributed by atoms with van der Waals surface area (Å²) < 4.78 is 6.63. The molecule has 1 aromatic carbocycles. The lowest BCUT2D eigenvalue weighted by Crippen LogP contribution is -2.53. The van der Waals surface area contributed by atoms with Gasteiger partial charge < -0.3 is 9.64 Å². The quantitative estimate of drug-likeness (QED) is 0.748. The first-order valence-electron chi connectivity index (χ1n) is 11.8. The molecule has 2 aromatic rings. The standard InChI is InChI=1S/C25H30N4O2/c30-24-28(21-7-12-26-13-8-21)16-17-29(24)22-4-5-23-19(18-22)6-9-25(31-23)10-14-27(15-11-25)20-2-1-3-20/h4-5,7-8,12-13,18,20H,1-3,6,9-11,14-17H2. The predicted octanol–water partition coefficient (Wildman–Crippen LogP) is 4.24. The minimum absolute atomic E-state index is 0.0103. The number of piperidine rings is 1. The molecule has 31 heavy (non-hydrogen) atoms. The van der Waals surface area contributed by atoms with Gasteiger partial charge in [-0.05, 0) is 74.4 Å². The number of hydrogen-bond donors (Lipinski definition) is 0. The van der Waals surface area contributed by atoms with E-state index in [0.717, 1.165) is 48.8 Å². The van der Waals surface area contributed by atoms with Crippen LogP contribution in [0.4, 0.5) is 16.2 Å². The summed E-state index contributed by atoms with van der Waals surface area (Å²) in [4.78, 5) is 23.5. The maximum atomic E-state index is 13.0. The number of benzene rings is 1. The average Bonchev–Trinajstić information content (AvgIpc) is 3.16. The van der Waals surface area contributed by atoms with Crippen molar-refractivity contribution in [3.63, 3.8) is 0 Å². The number of pyridine rings is 1. The molecule has 2 amide bonds. The Bertz CT molecular complexity index is 967. The number of nitrogens with zero attached hydrogens (tertiary/aromatic N) is 4. The fourth-order valence-corrected chi connectivity index (χ4v) is 5.62. The second-order valence-electron chi connectivity index (χ2n) is 9.49. The second kappa shape index (κ2) is 7.52. The number of urea groups is 1. The van der Waals surface area contributed by atoms with Crippen molar-refractivity contribution in [1.29, 1.82) is 0 Å². The van der Waals surface area contributed by atoms with Crippen LogP contribution in [0.1, 0.15) is 44.1 Å². The van der Waals surface area contributed by atoms with Gasteiger partial charge in [-0.1, -0.05) is 6.42 Å². The first-order chi connectivity index (χ1) is 15.2. The molecular weight excluding hydrogens is 388 g/mol. The van der Waals surface area contributed by atoms with E-state index in [2.05, 4.69) is 28.1 Å². The highest BCUT2D eigenvalue weighted by atomic mass is 16.5. The summed E-state index contributed by atoms with van der Waals surface area (Å²) in [6, 6.07) is 10.9. The van der Waals surface area contributed by atoms with Gasteiger partial charge in [-0.25, -0.2) is 4.79 Å². The fourth-order valence-electron chi connectivity index (χ4n) is 5.62. The molecule has 1 saturated carbocycles. The van der Waals surface area contributed by atoms with E-state index < -0.39 is 0 Å². The zero-order valence-electron chi connectivity index (χ0n) is 18.0. The molecular formula is C25H30N4O2. The summed E-state index contributed by atoms with van der Waals surface area (Å²) in [5.74, 6) is 1.02. The lowest BCUT2D eigenvalue weighted by molar-refractivity contribution is -0.0336. The Kier molecular flexibility index (Phi) is 4.64. The maximum absolute atomic E-state index is 13.0. The van der Waals surface area contributed by atoms with Crippen molar-refractivity contribution in [1.82, 2.24) is 9.88 Å². The van der Waals surface area contributed by atoms with Gasteiger partial charge in [0.05, 0.1) is 0 Å². The fraction of sp³-hybridized carbons (Fsp3) is 0.520. The monoisotopic (exact) mass is 418 g/mol. The van der Waals surface area contributed by atoms with Gasteiger partial charge in [0.25, 0.3) is 0 Å². The minimum Gasteiger partial charge on any atom is -0.487 e. The summed E-state index contributed by atoms with van der Waals surface area (Å²) in [6.45, 7) is 3.73. The Morgan fingerprint density at radius 2 is 1.65 bits per heavy atom. The van der Waals surface area contributed by atoms with Crippen LogP contribution in [-0.2, 0) is 6.42 Å². The van der Waals surface area contributed by atoms with Crippen LogP contribution in [0.15, 0.2) is 42.7 Å². The van der Waals surface area contributed by atoms with E-state index in [9.17, 15) is 4.79 Å². The van der Waals surface area contributed by atoms with E-state index >= 15 is 0 Å². The summed E-state index contributed by atoms with van der Waals surface area (Å²) >= 11 is 0. The van der Waals surface area contributed by atoms with E-state index in [1.165, 1.54) is 37.9 Å². The Labute approximate surface area is 183 Å². The average molecular weight is 419 g/mol. The number of likely N-dealkylation sites (tertiary alicyclic amines) is 1. The van der Waals surface area contributed by atoms with E-state index in [4.69, 9.17) is 4.74 Å². The van der Waals surface area contributed by atoms with Crippen LogP contribution >= 0.6 is 0 Å². The molecule has 4 heterocycles.